The fraction of sp³-hybridized carbons (Fsp3) is 0.312. The molecule has 1 aromatic heterocycles. The molecule has 0 atom stereocenters. The normalized spacial score (nSPS) is 10.7. The highest BCUT2D eigenvalue weighted by Gasteiger charge is 2.12. The molecule has 0 unspecified atom stereocenters. The number of ether oxygens (including phenoxy) is 2. The van der Waals surface area contributed by atoms with Crippen LogP contribution in [0.3, 0.4) is 0 Å². The molecule has 0 aliphatic rings. The Labute approximate surface area is 142 Å². The highest BCUT2D eigenvalue weighted by molar-refractivity contribution is 5.91. The number of para-hydroxylation sites is 1. The first-order valence-electron chi connectivity index (χ1n) is 7.39. The Balaban J connectivity index is 2.07. The number of carbonyl (C=O) groups excluding carboxylic acids is 1. The van der Waals surface area contributed by atoms with E-state index >= 15 is 0 Å². The zero-order chi connectivity index (χ0) is 18.2. The van der Waals surface area contributed by atoms with E-state index in [9.17, 15) is 18.4 Å². The number of aromatic nitrogens is 2. The van der Waals surface area contributed by atoms with Crippen LogP contribution in [0.1, 0.15) is 16.1 Å². The van der Waals surface area contributed by atoms with E-state index in [-0.39, 0.29) is 36.7 Å². The molecule has 2 aromatic rings. The van der Waals surface area contributed by atoms with Crippen molar-refractivity contribution in [3.63, 3.8) is 0 Å². The Kier molecular flexibility index (Phi) is 6.58. The van der Waals surface area contributed by atoms with Crippen LogP contribution in [0.15, 0.2) is 41.2 Å². The second kappa shape index (κ2) is 8.88. The van der Waals surface area contributed by atoms with Gasteiger partial charge in [0, 0.05) is 25.3 Å². The predicted octanol–water partition coefficient (Wildman–Crippen LogP) is 1.42. The van der Waals surface area contributed by atoms with E-state index < -0.39 is 12.5 Å². The summed E-state index contributed by atoms with van der Waals surface area (Å²) in [6, 6.07) is 8.66. The van der Waals surface area contributed by atoms with Crippen LogP contribution in [0.25, 0.3) is 0 Å². The third-order valence-electron chi connectivity index (χ3n) is 3.23. The zero-order valence-electron chi connectivity index (χ0n) is 13.4. The van der Waals surface area contributed by atoms with Gasteiger partial charge in [-0.3, -0.25) is 9.59 Å². The van der Waals surface area contributed by atoms with E-state index in [2.05, 4.69) is 15.2 Å². The lowest BCUT2D eigenvalue weighted by Crippen LogP contribution is -2.30. The Bertz CT molecular complexity index is 780. The van der Waals surface area contributed by atoms with Crippen molar-refractivity contribution in [3.05, 3.63) is 58.0 Å². The molecule has 0 aliphatic carbocycles. The van der Waals surface area contributed by atoms with Crippen molar-refractivity contribution in [2.24, 2.45) is 0 Å². The summed E-state index contributed by atoms with van der Waals surface area (Å²) in [6.07, 6.45) is 0. The third kappa shape index (κ3) is 5.35. The van der Waals surface area contributed by atoms with Gasteiger partial charge in [0.15, 0.2) is 0 Å². The Hall–Kier alpha value is -2.81. The molecule has 25 heavy (non-hydrogen) atoms. The van der Waals surface area contributed by atoms with Gasteiger partial charge in [0.2, 0.25) is 0 Å². The molecule has 0 spiro atoms. The number of hydrogen-bond donors (Lipinski definition) is 1. The van der Waals surface area contributed by atoms with Crippen molar-refractivity contribution >= 4 is 5.91 Å². The van der Waals surface area contributed by atoms with Gasteiger partial charge >= 0.3 is 6.61 Å². The predicted molar refractivity (Wildman–Crippen MR) is 84.6 cm³/mol. The van der Waals surface area contributed by atoms with Gasteiger partial charge in [-0.15, -0.1) is 0 Å². The molecular formula is C16H17F2N3O4. The minimum atomic E-state index is -2.96. The zero-order valence-corrected chi connectivity index (χ0v) is 13.4. The molecule has 0 radical (unpaired) electrons. The molecule has 0 fully saturated rings. The smallest absolute Gasteiger partial charge is 0.387 e. The number of rotatable bonds is 8. The number of nitrogens with zero attached hydrogens (tertiary/aromatic N) is 2. The monoisotopic (exact) mass is 353 g/mol. The average Bonchev–Trinajstić information content (AvgIpc) is 2.59. The lowest BCUT2D eigenvalue weighted by Gasteiger charge is -2.11. The van der Waals surface area contributed by atoms with Gasteiger partial charge < -0.3 is 14.8 Å². The fourth-order valence-corrected chi connectivity index (χ4v) is 2.03. The number of nitrogens with one attached hydrogen (secondary N) is 1. The molecule has 1 heterocycles. The lowest BCUT2D eigenvalue weighted by atomic mass is 10.2. The van der Waals surface area contributed by atoms with E-state index in [1.807, 2.05) is 0 Å². The number of methoxy groups -OCH3 is 1. The van der Waals surface area contributed by atoms with E-state index in [0.29, 0.717) is 5.56 Å². The van der Waals surface area contributed by atoms with Crippen LogP contribution >= 0.6 is 0 Å². The molecule has 7 nitrogen and oxygen atoms in total. The summed E-state index contributed by atoms with van der Waals surface area (Å²) in [5.41, 5.74) is 0.0658. The summed E-state index contributed by atoms with van der Waals surface area (Å²) < 4.78 is 35.2. The van der Waals surface area contributed by atoms with Crippen molar-refractivity contribution in [1.82, 2.24) is 15.1 Å². The maximum absolute atomic E-state index is 12.4. The molecule has 0 saturated heterocycles. The summed E-state index contributed by atoms with van der Waals surface area (Å²) >= 11 is 0. The van der Waals surface area contributed by atoms with Crippen molar-refractivity contribution in [2.75, 3.05) is 13.7 Å². The molecule has 0 bridgehead atoms. The first kappa shape index (κ1) is 18.5. The molecule has 134 valence electrons. The average molecular weight is 353 g/mol. The van der Waals surface area contributed by atoms with E-state index in [4.69, 9.17) is 4.74 Å². The van der Waals surface area contributed by atoms with Gasteiger partial charge in [-0.1, -0.05) is 18.2 Å². The van der Waals surface area contributed by atoms with Gasteiger partial charge in [-0.2, -0.15) is 13.9 Å². The minimum absolute atomic E-state index is 0.0178. The maximum Gasteiger partial charge on any atom is 0.387 e. The highest BCUT2D eigenvalue weighted by Crippen LogP contribution is 2.19. The van der Waals surface area contributed by atoms with Crippen LogP contribution in [0.2, 0.25) is 0 Å². The van der Waals surface area contributed by atoms with Crippen LogP contribution in [0, 0.1) is 0 Å². The molecule has 0 saturated carbocycles. The Morgan fingerprint density at radius 3 is 2.76 bits per heavy atom. The number of benzene rings is 1. The highest BCUT2D eigenvalue weighted by atomic mass is 19.3. The number of amides is 1. The first-order chi connectivity index (χ1) is 12.0. The van der Waals surface area contributed by atoms with Gasteiger partial charge in [-0.25, -0.2) is 4.68 Å². The van der Waals surface area contributed by atoms with E-state index in [1.165, 1.54) is 25.3 Å². The van der Waals surface area contributed by atoms with Gasteiger partial charge in [0.25, 0.3) is 11.5 Å². The molecule has 0 aliphatic heterocycles. The molecule has 1 amide bonds. The van der Waals surface area contributed by atoms with E-state index in [1.54, 1.807) is 18.2 Å². The molecule has 2 rings (SSSR count). The molecule has 1 N–H and O–H groups in total. The maximum atomic E-state index is 12.4. The summed E-state index contributed by atoms with van der Waals surface area (Å²) in [6.45, 7) is -2.50. The quantitative estimate of drug-likeness (QED) is 0.776. The molecule has 1 aromatic carbocycles. The summed E-state index contributed by atoms with van der Waals surface area (Å²) in [7, 11) is 1.49. The van der Waals surface area contributed by atoms with Crippen molar-refractivity contribution in [3.8, 4) is 5.75 Å². The second-order valence-corrected chi connectivity index (χ2v) is 4.94. The minimum Gasteiger partial charge on any atom is -0.434 e. The lowest BCUT2D eigenvalue weighted by molar-refractivity contribution is -0.0504. The number of carbonyl (C=O) groups is 1. The molecule has 9 heteroatoms. The molecular weight excluding hydrogens is 336 g/mol. The third-order valence-corrected chi connectivity index (χ3v) is 3.23. The number of halogens is 2. The fourth-order valence-electron chi connectivity index (χ4n) is 2.03. The number of hydrogen-bond acceptors (Lipinski definition) is 5. The van der Waals surface area contributed by atoms with E-state index in [0.717, 1.165) is 4.68 Å². The van der Waals surface area contributed by atoms with Crippen LogP contribution in [-0.2, 0) is 17.8 Å². The Morgan fingerprint density at radius 2 is 2.04 bits per heavy atom. The van der Waals surface area contributed by atoms with Crippen molar-refractivity contribution in [1.29, 1.82) is 0 Å². The van der Waals surface area contributed by atoms with Gasteiger partial charge in [0.1, 0.15) is 11.4 Å². The van der Waals surface area contributed by atoms with Crippen LogP contribution in [0.4, 0.5) is 8.78 Å². The standard InChI is InChI=1S/C16H17F2N3O4/c1-24-9-8-21-14(22)7-6-12(20-21)15(23)19-10-11-4-2-3-5-13(11)25-16(17)18/h2-7,16H,8-10H2,1H3,(H,19,23). The van der Waals surface area contributed by atoms with Crippen molar-refractivity contribution < 1.29 is 23.0 Å². The van der Waals surface area contributed by atoms with Crippen molar-refractivity contribution in [2.45, 2.75) is 19.7 Å². The van der Waals surface area contributed by atoms with Crippen LogP contribution in [-0.4, -0.2) is 36.0 Å². The summed E-state index contributed by atoms with van der Waals surface area (Å²) in [4.78, 5) is 23.8. The largest absolute Gasteiger partial charge is 0.434 e. The Morgan fingerprint density at radius 1 is 1.28 bits per heavy atom. The summed E-state index contributed by atoms with van der Waals surface area (Å²) in [5, 5.41) is 6.51. The first-order valence-corrected chi connectivity index (χ1v) is 7.39. The second-order valence-electron chi connectivity index (χ2n) is 4.94. The van der Waals surface area contributed by atoms with Crippen LogP contribution < -0.4 is 15.6 Å². The number of alkyl halides is 2. The topological polar surface area (TPSA) is 82.5 Å². The van der Waals surface area contributed by atoms with Crippen LogP contribution in [0.5, 0.6) is 5.75 Å². The van der Waals surface area contributed by atoms with Gasteiger partial charge in [0.05, 0.1) is 13.2 Å². The SMILES string of the molecule is COCCn1nc(C(=O)NCc2ccccc2OC(F)F)ccc1=O. The van der Waals surface area contributed by atoms with Gasteiger partial charge in [-0.05, 0) is 12.1 Å². The summed E-state index contributed by atoms with van der Waals surface area (Å²) in [5.74, 6) is -0.561.